The molecule has 4 rings (SSSR count). The first-order chi connectivity index (χ1) is 16.7. The molecule has 4 N–H and O–H groups in total. The van der Waals surface area contributed by atoms with Gasteiger partial charge in [0.15, 0.2) is 0 Å². The zero-order valence-corrected chi connectivity index (χ0v) is 21.2. The Kier molecular flexibility index (Phi) is 7.02. The van der Waals surface area contributed by atoms with Crippen LogP contribution in [0.2, 0.25) is 0 Å². The fourth-order valence-electron chi connectivity index (χ4n) is 4.66. The van der Waals surface area contributed by atoms with E-state index in [-0.39, 0.29) is 5.92 Å². The third-order valence-corrected chi connectivity index (χ3v) is 6.38. The summed E-state index contributed by atoms with van der Waals surface area (Å²) in [6, 6.07) is 24.0. The van der Waals surface area contributed by atoms with Crippen molar-refractivity contribution in [1.82, 2.24) is 0 Å². The number of rotatable bonds is 7. The van der Waals surface area contributed by atoms with Crippen molar-refractivity contribution in [3.8, 4) is 23.0 Å². The predicted octanol–water partition coefficient (Wildman–Crippen LogP) is 8.21. The summed E-state index contributed by atoms with van der Waals surface area (Å²) in [6.07, 6.45) is 0.994. The molecular formula is C31H34N2O2. The summed E-state index contributed by atoms with van der Waals surface area (Å²) in [7, 11) is 0. The Morgan fingerprint density at radius 1 is 0.571 bits per heavy atom. The second-order valence-corrected chi connectivity index (χ2v) is 9.27. The van der Waals surface area contributed by atoms with Gasteiger partial charge in [-0.2, -0.15) is 0 Å². The topological polar surface area (TPSA) is 70.5 Å². The molecule has 0 unspecified atom stereocenters. The van der Waals surface area contributed by atoms with Crippen LogP contribution in [0.5, 0.6) is 23.0 Å². The standard InChI is InChI=1S/C31H34N2O2/c1-6-29(23-15-19(2)30(20(3)16-23)34-27-11-7-25(32)8-12-27)24-17-21(4)31(22(5)18-24)35-28-13-9-26(33)10-14-28/h7-18,29H,6,32-33H2,1-5H3. The summed E-state index contributed by atoms with van der Waals surface area (Å²) in [4.78, 5) is 0. The molecule has 0 radical (unpaired) electrons. The van der Waals surface area contributed by atoms with Crippen molar-refractivity contribution < 1.29 is 9.47 Å². The van der Waals surface area contributed by atoms with Crippen molar-refractivity contribution in [3.63, 3.8) is 0 Å². The molecule has 0 aliphatic carbocycles. The lowest BCUT2D eigenvalue weighted by atomic mass is 9.85. The van der Waals surface area contributed by atoms with Crippen molar-refractivity contribution in [2.45, 2.75) is 47.0 Å². The number of anilines is 2. The van der Waals surface area contributed by atoms with Gasteiger partial charge < -0.3 is 20.9 Å². The number of nitrogen functional groups attached to an aromatic ring is 2. The molecule has 35 heavy (non-hydrogen) atoms. The van der Waals surface area contributed by atoms with Crippen molar-refractivity contribution in [3.05, 3.63) is 106 Å². The first-order valence-electron chi connectivity index (χ1n) is 12.0. The molecule has 0 aliphatic heterocycles. The quantitative estimate of drug-likeness (QED) is 0.269. The van der Waals surface area contributed by atoms with E-state index in [0.717, 1.165) is 63.0 Å². The van der Waals surface area contributed by atoms with E-state index in [1.54, 1.807) is 0 Å². The molecule has 0 saturated carbocycles. The maximum Gasteiger partial charge on any atom is 0.133 e. The number of benzene rings is 4. The average molecular weight is 467 g/mol. The molecule has 0 atom stereocenters. The van der Waals surface area contributed by atoms with Gasteiger partial charge in [-0.25, -0.2) is 0 Å². The highest BCUT2D eigenvalue weighted by molar-refractivity contribution is 5.53. The Balaban J connectivity index is 1.62. The molecule has 4 nitrogen and oxygen atoms in total. The third-order valence-electron chi connectivity index (χ3n) is 6.38. The van der Waals surface area contributed by atoms with Gasteiger partial charge in [-0.15, -0.1) is 0 Å². The molecule has 0 saturated heterocycles. The van der Waals surface area contributed by atoms with Crippen LogP contribution in [0.25, 0.3) is 0 Å². The second-order valence-electron chi connectivity index (χ2n) is 9.27. The van der Waals surface area contributed by atoms with Crippen molar-refractivity contribution >= 4 is 11.4 Å². The molecule has 0 bridgehead atoms. The van der Waals surface area contributed by atoms with Gasteiger partial charge in [0.2, 0.25) is 0 Å². The van der Waals surface area contributed by atoms with Crippen LogP contribution < -0.4 is 20.9 Å². The fraction of sp³-hybridized carbons (Fsp3) is 0.226. The normalized spacial score (nSPS) is 11.0. The van der Waals surface area contributed by atoms with Gasteiger partial charge in [0.05, 0.1) is 0 Å². The van der Waals surface area contributed by atoms with Crippen LogP contribution in [0.4, 0.5) is 11.4 Å². The van der Waals surface area contributed by atoms with E-state index in [2.05, 4.69) is 58.9 Å². The van der Waals surface area contributed by atoms with E-state index in [4.69, 9.17) is 20.9 Å². The second kappa shape index (κ2) is 10.1. The monoisotopic (exact) mass is 466 g/mol. The third kappa shape index (κ3) is 5.43. The van der Waals surface area contributed by atoms with E-state index >= 15 is 0 Å². The summed E-state index contributed by atoms with van der Waals surface area (Å²) in [5.74, 6) is 3.64. The number of ether oxygens (including phenoxy) is 2. The van der Waals surface area contributed by atoms with Gasteiger partial charge in [-0.3, -0.25) is 0 Å². The Labute approximate surface area is 208 Å². The molecule has 0 amide bonds. The van der Waals surface area contributed by atoms with Crippen molar-refractivity contribution in [2.75, 3.05) is 11.5 Å². The van der Waals surface area contributed by atoms with Crippen LogP contribution in [0.15, 0.2) is 72.8 Å². The van der Waals surface area contributed by atoms with Crippen molar-refractivity contribution in [2.24, 2.45) is 0 Å². The Hall–Kier alpha value is -3.92. The molecule has 0 spiro atoms. The van der Waals surface area contributed by atoms with Crippen LogP contribution in [0, 0.1) is 27.7 Å². The first-order valence-corrected chi connectivity index (χ1v) is 12.0. The smallest absolute Gasteiger partial charge is 0.133 e. The number of hydrogen-bond acceptors (Lipinski definition) is 4. The van der Waals surface area contributed by atoms with Gasteiger partial charge in [0.1, 0.15) is 23.0 Å². The highest BCUT2D eigenvalue weighted by Crippen LogP contribution is 2.38. The molecule has 4 aromatic rings. The van der Waals surface area contributed by atoms with Crippen molar-refractivity contribution in [1.29, 1.82) is 0 Å². The lowest BCUT2D eigenvalue weighted by molar-refractivity contribution is 0.474. The fourth-order valence-corrected chi connectivity index (χ4v) is 4.66. The van der Waals surface area contributed by atoms with Crippen LogP contribution >= 0.6 is 0 Å². The van der Waals surface area contributed by atoms with Gasteiger partial charge in [-0.1, -0.05) is 31.2 Å². The molecule has 0 heterocycles. The zero-order valence-electron chi connectivity index (χ0n) is 21.2. The molecule has 4 heteroatoms. The largest absolute Gasteiger partial charge is 0.457 e. The summed E-state index contributed by atoms with van der Waals surface area (Å²) in [5.41, 5.74) is 20.1. The lowest BCUT2D eigenvalue weighted by Gasteiger charge is -2.22. The predicted molar refractivity (Wildman–Crippen MR) is 146 cm³/mol. The first kappa shape index (κ1) is 24.2. The number of hydrogen-bond donors (Lipinski definition) is 2. The lowest BCUT2D eigenvalue weighted by Crippen LogP contribution is -2.04. The van der Waals surface area contributed by atoms with Gasteiger partial charge in [0.25, 0.3) is 0 Å². The molecule has 0 aromatic heterocycles. The molecular weight excluding hydrogens is 432 g/mol. The molecule has 0 aliphatic rings. The average Bonchev–Trinajstić information content (AvgIpc) is 2.82. The maximum absolute atomic E-state index is 6.21. The van der Waals surface area contributed by atoms with Crippen LogP contribution in [-0.2, 0) is 0 Å². The molecule has 180 valence electrons. The SMILES string of the molecule is CCC(c1cc(C)c(Oc2ccc(N)cc2)c(C)c1)c1cc(C)c(Oc2ccc(N)cc2)c(C)c1. The van der Waals surface area contributed by atoms with E-state index < -0.39 is 0 Å². The van der Waals surface area contributed by atoms with Gasteiger partial charge >= 0.3 is 0 Å². The van der Waals surface area contributed by atoms with Crippen LogP contribution in [-0.4, -0.2) is 0 Å². The minimum absolute atomic E-state index is 0.279. The number of aryl methyl sites for hydroxylation is 4. The minimum atomic E-state index is 0.279. The summed E-state index contributed by atoms with van der Waals surface area (Å²) in [6.45, 7) is 10.7. The van der Waals surface area contributed by atoms with Gasteiger partial charge in [0, 0.05) is 17.3 Å². The van der Waals surface area contributed by atoms with Gasteiger partial charge in [-0.05, 0) is 116 Å². The molecule has 0 fully saturated rings. The maximum atomic E-state index is 6.21. The van der Waals surface area contributed by atoms with E-state index in [9.17, 15) is 0 Å². The van der Waals surface area contributed by atoms with E-state index in [1.807, 2.05) is 48.5 Å². The van der Waals surface area contributed by atoms with Crippen LogP contribution in [0.1, 0.15) is 52.6 Å². The Bertz CT molecular complexity index is 1180. The summed E-state index contributed by atoms with van der Waals surface area (Å²) in [5, 5.41) is 0. The zero-order chi connectivity index (χ0) is 25.1. The molecule has 4 aromatic carbocycles. The highest BCUT2D eigenvalue weighted by atomic mass is 16.5. The van der Waals surface area contributed by atoms with Crippen LogP contribution in [0.3, 0.4) is 0 Å². The van der Waals surface area contributed by atoms with E-state index in [0.29, 0.717) is 0 Å². The van der Waals surface area contributed by atoms with E-state index in [1.165, 1.54) is 11.1 Å². The minimum Gasteiger partial charge on any atom is -0.457 e. The Morgan fingerprint density at radius 2 is 0.886 bits per heavy atom. The number of nitrogens with two attached hydrogens (primary N) is 2. The Morgan fingerprint density at radius 3 is 1.17 bits per heavy atom. The highest BCUT2D eigenvalue weighted by Gasteiger charge is 2.18. The summed E-state index contributed by atoms with van der Waals surface area (Å²) >= 11 is 0. The summed E-state index contributed by atoms with van der Waals surface area (Å²) < 4.78 is 12.4.